The van der Waals surface area contributed by atoms with E-state index in [-0.39, 0.29) is 0 Å². The van der Waals surface area contributed by atoms with Gasteiger partial charge in [0, 0.05) is 23.8 Å². The van der Waals surface area contributed by atoms with Crippen LogP contribution in [0.15, 0.2) is 109 Å². The highest BCUT2D eigenvalue weighted by molar-refractivity contribution is 7.80. The highest BCUT2D eigenvalue weighted by Gasteiger charge is 2.15. The number of hydrogen-bond donors (Lipinski definition) is 2. The number of aromatic nitrogens is 4. The van der Waals surface area contributed by atoms with Gasteiger partial charge in [-0.1, -0.05) is 42.5 Å². The molecule has 0 atom stereocenters. The van der Waals surface area contributed by atoms with Crippen molar-refractivity contribution in [2.24, 2.45) is 0 Å². The highest BCUT2D eigenvalue weighted by Crippen LogP contribution is 2.29. The highest BCUT2D eigenvalue weighted by atomic mass is 32.1. The average Bonchev–Trinajstić information content (AvgIpc) is 2.93. The van der Waals surface area contributed by atoms with Gasteiger partial charge in [0.1, 0.15) is 11.4 Å². The summed E-state index contributed by atoms with van der Waals surface area (Å²) in [5, 5.41) is 9.35. The van der Waals surface area contributed by atoms with Gasteiger partial charge < -0.3 is 10.6 Å². The summed E-state index contributed by atoms with van der Waals surface area (Å²) >= 11 is 5.57. The van der Waals surface area contributed by atoms with Gasteiger partial charge >= 0.3 is 0 Å². The number of rotatable bonds is 4. The van der Waals surface area contributed by atoms with E-state index in [9.17, 15) is 0 Å². The molecule has 3 aromatic carbocycles. The van der Waals surface area contributed by atoms with Gasteiger partial charge in [0.2, 0.25) is 0 Å². The van der Waals surface area contributed by atoms with Crippen molar-refractivity contribution in [3.63, 3.8) is 0 Å². The van der Waals surface area contributed by atoms with Crippen molar-refractivity contribution >= 4 is 50.5 Å². The molecule has 6 rings (SSSR count). The van der Waals surface area contributed by atoms with Gasteiger partial charge in [0.15, 0.2) is 5.11 Å². The molecule has 0 spiro atoms. The molecule has 0 bridgehead atoms. The van der Waals surface area contributed by atoms with Crippen molar-refractivity contribution in [1.82, 2.24) is 19.9 Å². The van der Waals surface area contributed by atoms with Crippen LogP contribution >= 0.6 is 12.2 Å². The third-order valence-electron chi connectivity index (χ3n) is 5.74. The van der Waals surface area contributed by atoms with E-state index in [4.69, 9.17) is 22.2 Å². The van der Waals surface area contributed by atoms with E-state index in [1.54, 1.807) is 12.4 Å². The normalized spacial score (nSPS) is 10.9. The molecule has 3 heterocycles. The SMILES string of the molecule is S=C(Nc1ccc2ccccc2c1)Nc1ccc2nc(-c3ccccn3)c(-c3ccccn3)nc2c1. The van der Waals surface area contributed by atoms with E-state index in [2.05, 4.69) is 44.9 Å². The minimum atomic E-state index is 0.493. The van der Waals surface area contributed by atoms with Crippen molar-refractivity contribution in [1.29, 1.82) is 0 Å². The first-order chi connectivity index (χ1) is 17.7. The molecule has 3 aromatic heterocycles. The number of nitrogens with zero attached hydrogens (tertiary/aromatic N) is 4. The summed E-state index contributed by atoms with van der Waals surface area (Å²) in [5.41, 5.74) is 6.07. The lowest BCUT2D eigenvalue weighted by molar-refractivity contribution is 1.21. The van der Waals surface area contributed by atoms with E-state index in [0.29, 0.717) is 16.5 Å². The fourth-order valence-electron chi connectivity index (χ4n) is 4.06. The predicted octanol–water partition coefficient (Wildman–Crippen LogP) is 6.72. The van der Waals surface area contributed by atoms with Crippen LogP contribution in [0, 0.1) is 0 Å². The van der Waals surface area contributed by atoms with Crippen LogP contribution in [0.3, 0.4) is 0 Å². The quantitative estimate of drug-likeness (QED) is 0.269. The Morgan fingerprint density at radius 1 is 0.556 bits per heavy atom. The zero-order valence-electron chi connectivity index (χ0n) is 19.1. The first kappa shape index (κ1) is 21.8. The smallest absolute Gasteiger partial charge is 0.175 e. The lowest BCUT2D eigenvalue weighted by Gasteiger charge is -2.13. The fraction of sp³-hybridized carbons (Fsp3) is 0. The lowest BCUT2D eigenvalue weighted by atomic mass is 10.1. The van der Waals surface area contributed by atoms with Gasteiger partial charge in [-0.05, 0) is 77.6 Å². The molecule has 0 aliphatic heterocycles. The molecule has 36 heavy (non-hydrogen) atoms. The van der Waals surface area contributed by atoms with Crippen LogP contribution in [0.4, 0.5) is 11.4 Å². The van der Waals surface area contributed by atoms with Crippen LogP contribution in [-0.4, -0.2) is 25.0 Å². The predicted molar refractivity (Wildman–Crippen MR) is 150 cm³/mol. The third kappa shape index (κ3) is 4.47. The Morgan fingerprint density at radius 3 is 1.81 bits per heavy atom. The number of hydrogen-bond acceptors (Lipinski definition) is 5. The van der Waals surface area contributed by atoms with Crippen LogP contribution in [0.1, 0.15) is 0 Å². The molecule has 0 unspecified atom stereocenters. The van der Waals surface area contributed by atoms with Gasteiger partial charge in [-0.2, -0.15) is 0 Å². The topological polar surface area (TPSA) is 75.6 Å². The maximum Gasteiger partial charge on any atom is 0.175 e. The number of pyridine rings is 2. The Bertz CT molecular complexity index is 1700. The molecule has 0 amide bonds. The van der Waals surface area contributed by atoms with Crippen molar-refractivity contribution in [3.8, 4) is 22.8 Å². The Labute approximate surface area is 213 Å². The zero-order valence-corrected chi connectivity index (χ0v) is 19.9. The molecule has 0 aliphatic rings. The van der Waals surface area contributed by atoms with E-state index in [0.717, 1.165) is 39.2 Å². The van der Waals surface area contributed by atoms with Gasteiger partial charge in [-0.15, -0.1) is 0 Å². The van der Waals surface area contributed by atoms with Gasteiger partial charge in [0.05, 0.1) is 22.4 Å². The van der Waals surface area contributed by atoms with E-state index >= 15 is 0 Å². The standard InChI is InChI=1S/C29H20N6S/c36-29(32-21-12-11-19-7-1-2-8-20(19)17-21)33-22-13-14-23-26(18-22)35-28(25-10-4-6-16-31-25)27(34-23)24-9-3-5-15-30-24/h1-18H,(H2,32,33,36). The minimum Gasteiger partial charge on any atom is -0.332 e. The number of fused-ring (bicyclic) bond motifs is 2. The molecule has 6 nitrogen and oxygen atoms in total. The van der Waals surface area contributed by atoms with Gasteiger partial charge in [-0.3, -0.25) is 9.97 Å². The molecule has 0 saturated carbocycles. The Kier molecular flexibility index (Phi) is 5.73. The van der Waals surface area contributed by atoms with E-state index < -0.39 is 0 Å². The van der Waals surface area contributed by atoms with Crippen LogP contribution in [0.2, 0.25) is 0 Å². The first-order valence-corrected chi connectivity index (χ1v) is 11.9. The molecule has 0 aliphatic carbocycles. The summed E-state index contributed by atoms with van der Waals surface area (Å²) in [6.07, 6.45) is 3.50. The first-order valence-electron chi connectivity index (χ1n) is 11.4. The number of anilines is 2. The number of benzene rings is 3. The number of nitrogens with one attached hydrogen (secondary N) is 2. The molecule has 0 saturated heterocycles. The monoisotopic (exact) mass is 484 g/mol. The summed E-state index contributed by atoms with van der Waals surface area (Å²) in [6, 6.07) is 31.7. The maximum absolute atomic E-state index is 5.57. The van der Waals surface area contributed by atoms with Gasteiger partial charge in [0.25, 0.3) is 0 Å². The fourth-order valence-corrected chi connectivity index (χ4v) is 4.29. The summed E-state index contributed by atoms with van der Waals surface area (Å²) in [6.45, 7) is 0. The Balaban J connectivity index is 1.32. The van der Waals surface area contributed by atoms with E-state index in [1.165, 1.54) is 5.39 Å². The van der Waals surface area contributed by atoms with Crippen LogP contribution in [0.25, 0.3) is 44.6 Å². The second-order valence-electron chi connectivity index (χ2n) is 8.20. The number of thiocarbonyl (C=S) groups is 1. The lowest BCUT2D eigenvalue weighted by Crippen LogP contribution is -2.19. The van der Waals surface area contributed by atoms with Crippen LogP contribution in [-0.2, 0) is 0 Å². The van der Waals surface area contributed by atoms with Crippen LogP contribution < -0.4 is 10.6 Å². The molecular formula is C29H20N6S. The minimum absolute atomic E-state index is 0.493. The molecule has 0 radical (unpaired) electrons. The largest absolute Gasteiger partial charge is 0.332 e. The molecular weight excluding hydrogens is 464 g/mol. The Hall–Kier alpha value is -4.75. The average molecular weight is 485 g/mol. The molecule has 172 valence electrons. The van der Waals surface area contributed by atoms with Crippen molar-refractivity contribution < 1.29 is 0 Å². The summed E-state index contributed by atoms with van der Waals surface area (Å²) in [4.78, 5) is 18.8. The Morgan fingerprint density at radius 2 is 1.14 bits per heavy atom. The molecule has 7 heteroatoms. The summed E-state index contributed by atoms with van der Waals surface area (Å²) in [7, 11) is 0. The molecule has 2 N–H and O–H groups in total. The molecule has 6 aromatic rings. The van der Waals surface area contributed by atoms with E-state index in [1.807, 2.05) is 72.8 Å². The van der Waals surface area contributed by atoms with Crippen molar-refractivity contribution in [3.05, 3.63) is 109 Å². The van der Waals surface area contributed by atoms with Gasteiger partial charge in [-0.25, -0.2) is 9.97 Å². The second-order valence-corrected chi connectivity index (χ2v) is 8.60. The third-order valence-corrected chi connectivity index (χ3v) is 5.95. The second kappa shape index (κ2) is 9.48. The van der Waals surface area contributed by atoms with Crippen molar-refractivity contribution in [2.45, 2.75) is 0 Å². The maximum atomic E-state index is 5.57. The summed E-state index contributed by atoms with van der Waals surface area (Å²) < 4.78 is 0. The van der Waals surface area contributed by atoms with Crippen molar-refractivity contribution in [2.75, 3.05) is 10.6 Å². The van der Waals surface area contributed by atoms with Crippen LogP contribution in [0.5, 0.6) is 0 Å². The zero-order chi connectivity index (χ0) is 24.3. The molecule has 0 fully saturated rings. The summed E-state index contributed by atoms with van der Waals surface area (Å²) in [5.74, 6) is 0.